The molecule has 0 aliphatic heterocycles. The fraction of sp³-hybridized carbons (Fsp3) is 0.462. The lowest BCUT2D eigenvalue weighted by Gasteiger charge is -2.21. The molecule has 1 rings (SSSR count). The third-order valence-electron chi connectivity index (χ3n) is 2.68. The Bertz CT molecular complexity index is 421. The molecule has 0 saturated heterocycles. The van der Waals surface area contributed by atoms with Crippen LogP contribution in [0.2, 0.25) is 0 Å². The summed E-state index contributed by atoms with van der Waals surface area (Å²) in [5.41, 5.74) is 0.428. The van der Waals surface area contributed by atoms with E-state index in [2.05, 4.69) is 21.2 Å². The number of nitrogens with one attached hydrogen (secondary N) is 1. The topological polar surface area (TPSA) is 58.6 Å². The van der Waals surface area contributed by atoms with Gasteiger partial charge >= 0.3 is 0 Å². The SMILES string of the molecule is COC[C@@H](NC(=O)c1ccc(Br)c(O)c1)C(C)C. The van der Waals surface area contributed by atoms with Gasteiger partial charge in [0.15, 0.2) is 0 Å². The zero-order chi connectivity index (χ0) is 13.7. The van der Waals surface area contributed by atoms with E-state index in [4.69, 9.17) is 4.74 Å². The Labute approximate surface area is 115 Å². The van der Waals surface area contributed by atoms with Gasteiger partial charge in [0, 0.05) is 12.7 Å². The molecule has 0 bridgehead atoms. The number of phenols is 1. The Morgan fingerprint density at radius 2 is 2.17 bits per heavy atom. The molecule has 0 spiro atoms. The Hall–Kier alpha value is -1.07. The number of hydrogen-bond donors (Lipinski definition) is 2. The van der Waals surface area contributed by atoms with Gasteiger partial charge in [-0.05, 0) is 40.0 Å². The molecular formula is C13H18BrNO3. The second kappa shape index (κ2) is 6.75. The zero-order valence-corrected chi connectivity index (χ0v) is 12.3. The summed E-state index contributed by atoms with van der Waals surface area (Å²) in [5.74, 6) is 0.113. The summed E-state index contributed by atoms with van der Waals surface area (Å²) in [4.78, 5) is 12.0. The number of benzene rings is 1. The van der Waals surface area contributed by atoms with E-state index in [1.165, 1.54) is 6.07 Å². The van der Waals surface area contributed by atoms with Crippen LogP contribution in [0, 0.1) is 5.92 Å². The number of methoxy groups -OCH3 is 1. The largest absolute Gasteiger partial charge is 0.507 e. The predicted octanol–water partition coefficient (Wildman–Crippen LogP) is 2.56. The van der Waals surface area contributed by atoms with Crippen LogP contribution in [0.5, 0.6) is 5.75 Å². The van der Waals surface area contributed by atoms with Crippen molar-refractivity contribution in [2.45, 2.75) is 19.9 Å². The number of halogens is 1. The standard InChI is InChI=1S/C13H18BrNO3/c1-8(2)11(7-18-3)15-13(17)9-4-5-10(14)12(16)6-9/h4-6,8,11,16H,7H2,1-3H3,(H,15,17)/t11-/m1/s1. The minimum absolute atomic E-state index is 0.0479. The highest BCUT2D eigenvalue weighted by molar-refractivity contribution is 9.10. The first kappa shape index (κ1) is 15.0. The van der Waals surface area contributed by atoms with Crippen molar-refractivity contribution < 1.29 is 14.6 Å². The molecule has 1 amide bonds. The summed E-state index contributed by atoms with van der Waals surface area (Å²) in [6.07, 6.45) is 0. The van der Waals surface area contributed by atoms with Crippen molar-refractivity contribution in [2.75, 3.05) is 13.7 Å². The van der Waals surface area contributed by atoms with Crippen molar-refractivity contribution in [2.24, 2.45) is 5.92 Å². The third kappa shape index (κ3) is 3.99. The fourth-order valence-corrected chi connectivity index (χ4v) is 1.73. The number of aromatic hydroxyl groups is 1. The molecule has 0 saturated carbocycles. The fourth-order valence-electron chi connectivity index (χ4n) is 1.49. The van der Waals surface area contributed by atoms with Crippen LogP contribution in [0.25, 0.3) is 0 Å². The summed E-state index contributed by atoms with van der Waals surface area (Å²) in [7, 11) is 1.60. The molecule has 1 atom stereocenters. The lowest BCUT2D eigenvalue weighted by molar-refractivity contribution is 0.0866. The van der Waals surface area contributed by atoms with Crippen molar-refractivity contribution in [3.8, 4) is 5.75 Å². The molecule has 4 nitrogen and oxygen atoms in total. The number of hydrogen-bond acceptors (Lipinski definition) is 3. The minimum atomic E-state index is -0.214. The van der Waals surface area contributed by atoms with Gasteiger partial charge in [0.25, 0.3) is 5.91 Å². The van der Waals surface area contributed by atoms with Gasteiger partial charge in [-0.2, -0.15) is 0 Å². The zero-order valence-electron chi connectivity index (χ0n) is 10.7. The Morgan fingerprint density at radius 3 is 2.67 bits per heavy atom. The van der Waals surface area contributed by atoms with Gasteiger partial charge in [-0.1, -0.05) is 13.8 Å². The third-order valence-corrected chi connectivity index (χ3v) is 3.35. The summed E-state index contributed by atoms with van der Waals surface area (Å²) < 4.78 is 5.64. The van der Waals surface area contributed by atoms with Crippen LogP contribution in [0.15, 0.2) is 22.7 Å². The van der Waals surface area contributed by atoms with Crippen LogP contribution in [-0.2, 0) is 4.74 Å². The molecule has 18 heavy (non-hydrogen) atoms. The van der Waals surface area contributed by atoms with Crippen LogP contribution < -0.4 is 5.32 Å². The number of rotatable bonds is 5. The van der Waals surface area contributed by atoms with E-state index >= 15 is 0 Å². The van der Waals surface area contributed by atoms with E-state index in [1.807, 2.05) is 13.8 Å². The molecule has 0 unspecified atom stereocenters. The van der Waals surface area contributed by atoms with E-state index in [9.17, 15) is 9.90 Å². The predicted molar refractivity (Wildman–Crippen MR) is 73.8 cm³/mol. The molecule has 1 aromatic carbocycles. The minimum Gasteiger partial charge on any atom is -0.507 e. The van der Waals surface area contributed by atoms with Gasteiger partial charge < -0.3 is 15.2 Å². The maximum absolute atomic E-state index is 12.0. The highest BCUT2D eigenvalue weighted by atomic mass is 79.9. The quantitative estimate of drug-likeness (QED) is 0.878. The number of carbonyl (C=O) groups is 1. The Kier molecular flexibility index (Phi) is 5.62. The van der Waals surface area contributed by atoms with Gasteiger partial charge in [-0.3, -0.25) is 4.79 Å². The van der Waals surface area contributed by atoms with Crippen molar-refractivity contribution in [1.29, 1.82) is 0 Å². The molecule has 5 heteroatoms. The van der Waals surface area contributed by atoms with Gasteiger partial charge in [0.05, 0.1) is 17.1 Å². The van der Waals surface area contributed by atoms with Gasteiger partial charge in [0.1, 0.15) is 5.75 Å². The monoisotopic (exact) mass is 315 g/mol. The maximum Gasteiger partial charge on any atom is 0.251 e. The van der Waals surface area contributed by atoms with Crippen LogP contribution in [0.3, 0.4) is 0 Å². The molecular weight excluding hydrogens is 298 g/mol. The number of carbonyl (C=O) groups excluding carboxylic acids is 1. The van der Waals surface area contributed by atoms with Crippen molar-refractivity contribution in [1.82, 2.24) is 5.32 Å². The molecule has 0 aromatic heterocycles. The number of ether oxygens (including phenoxy) is 1. The average Bonchev–Trinajstić information content (AvgIpc) is 2.31. The van der Waals surface area contributed by atoms with E-state index in [0.29, 0.717) is 16.6 Å². The summed E-state index contributed by atoms with van der Waals surface area (Å²) in [6.45, 7) is 4.50. The van der Waals surface area contributed by atoms with E-state index < -0.39 is 0 Å². The molecule has 0 radical (unpaired) electrons. The summed E-state index contributed by atoms with van der Waals surface area (Å²) >= 11 is 3.18. The molecule has 0 aliphatic rings. The first-order valence-electron chi connectivity index (χ1n) is 5.74. The number of phenolic OH excluding ortho intramolecular Hbond substituents is 1. The lowest BCUT2D eigenvalue weighted by Crippen LogP contribution is -2.41. The second-order valence-corrected chi connectivity index (χ2v) is 5.30. The molecule has 0 fully saturated rings. The highest BCUT2D eigenvalue weighted by Gasteiger charge is 2.17. The van der Waals surface area contributed by atoms with Gasteiger partial charge in [-0.25, -0.2) is 0 Å². The molecule has 0 heterocycles. The van der Waals surface area contributed by atoms with Crippen molar-refractivity contribution >= 4 is 21.8 Å². The summed E-state index contributed by atoms with van der Waals surface area (Å²) in [5, 5.41) is 12.4. The lowest BCUT2D eigenvalue weighted by atomic mass is 10.0. The molecule has 1 aromatic rings. The van der Waals surface area contributed by atoms with Gasteiger partial charge in [-0.15, -0.1) is 0 Å². The normalized spacial score (nSPS) is 12.5. The van der Waals surface area contributed by atoms with E-state index in [1.54, 1.807) is 19.2 Å². The van der Waals surface area contributed by atoms with Crippen LogP contribution >= 0.6 is 15.9 Å². The van der Waals surface area contributed by atoms with Gasteiger partial charge in [0.2, 0.25) is 0 Å². The van der Waals surface area contributed by atoms with Crippen LogP contribution in [-0.4, -0.2) is 30.8 Å². The molecule has 100 valence electrons. The highest BCUT2D eigenvalue weighted by Crippen LogP contribution is 2.24. The second-order valence-electron chi connectivity index (χ2n) is 4.45. The van der Waals surface area contributed by atoms with E-state index in [0.717, 1.165) is 0 Å². The van der Waals surface area contributed by atoms with Crippen LogP contribution in [0.1, 0.15) is 24.2 Å². The average molecular weight is 316 g/mol. The molecule has 0 aliphatic carbocycles. The Morgan fingerprint density at radius 1 is 1.50 bits per heavy atom. The first-order chi connectivity index (χ1) is 8.45. The van der Waals surface area contributed by atoms with Crippen molar-refractivity contribution in [3.05, 3.63) is 28.2 Å². The van der Waals surface area contributed by atoms with Crippen LogP contribution in [0.4, 0.5) is 0 Å². The number of amides is 1. The Balaban J connectivity index is 2.77. The maximum atomic E-state index is 12.0. The molecule has 2 N–H and O–H groups in total. The first-order valence-corrected chi connectivity index (χ1v) is 6.53. The smallest absolute Gasteiger partial charge is 0.251 e. The summed E-state index contributed by atoms with van der Waals surface area (Å²) in [6, 6.07) is 4.69. The van der Waals surface area contributed by atoms with E-state index in [-0.39, 0.29) is 23.6 Å². The van der Waals surface area contributed by atoms with Crippen molar-refractivity contribution in [3.63, 3.8) is 0 Å².